The minimum absolute atomic E-state index is 0.0597. The van der Waals surface area contributed by atoms with E-state index >= 15 is 0 Å². The summed E-state index contributed by atoms with van der Waals surface area (Å²) in [6.07, 6.45) is 1.22. The van der Waals surface area contributed by atoms with E-state index in [1.165, 1.54) is 54.7 Å². The molecule has 0 aliphatic heterocycles. The van der Waals surface area contributed by atoms with Gasteiger partial charge < -0.3 is 5.11 Å². The van der Waals surface area contributed by atoms with E-state index < -0.39 is 15.8 Å². The van der Waals surface area contributed by atoms with Crippen molar-refractivity contribution in [2.45, 2.75) is 12.8 Å². The molecule has 0 fully saturated rings. The second kappa shape index (κ2) is 10.1. The standard InChI is InChI=1S/C17H16N6O6/c24-17(25)10-5-14(21-20-13-3-8-16(9-4-13)23(28)29)11-18-19-12-1-6-15(7-2-12)22(26)27/h1-4,6-9,11,19-20H,5,10H2,(H,24,25)/b18-11+,21-14-. The van der Waals surface area contributed by atoms with Crippen LogP contribution in [0.15, 0.2) is 58.7 Å². The van der Waals surface area contributed by atoms with Crippen molar-refractivity contribution >= 4 is 40.6 Å². The van der Waals surface area contributed by atoms with Crippen LogP contribution in [0.2, 0.25) is 0 Å². The number of hydrogen-bond acceptors (Lipinski definition) is 9. The average molecular weight is 400 g/mol. The van der Waals surface area contributed by atoms with Crippen molar-refractivity contribution in [3.63, 3.8) is 0 Å². The van der Waals surface area contributed by atoms with E-state index in [1.54, 1.807) is 0 Å². The summed E-state index contributed by atoms with van der Waals surface area (Å²) in [5.41, 5.74) is 6.49. The van der Waals surface area contributed by atoms with Crippen molar-refractivity contribution < 1.29 is 19.7 Å². The Morgan fingerprint density at radius 2 is 1.38 bits per heavy atom. The molecule has 12 heteroatoms. The molecular weight excluding hydrogens is 384 g/mol. The zero-order valence-electron chi connectivity index (χ0n) is 14.9. The van der Waals surface area contributed by atoms with Gasteiger partial charge in [0.2, 0.25) is 0 Å². The molecule has 0 unspecified atom stereocenters. The molecule has 0 saturated carbocycles. The minimum atomic E-state index is -1.01. The van der Waals surface area contributed by atoms with Crippen LogP contribution in [-0.4, -0.2) is 32.8 Å². The minimum Gasteiger partial charge on any atom is -0.481 e. The fourth-order valence-electron chi connectivity index (χ4n) is 2.02. The molecule has 3 N–H and O–H groups in total. The molecule has 0 radical (unpaired) electrons. The summed E-state index contributed by atoms with van der Waals surface area (Å²) in [4.78, 5) is 31.1. The van der Waals surface area contributed by atoms with Crippen LogP contribution in [0.5, 0.6) is 0 Å². The number of aliphatic carboxylic acids is 1. The SMILES string of the molecule is O=C(O)CCC(/C=N/Nc1ccc([N+](=O)[O-])cc1)=N/Nc1ccc([N+](=O)[O-])cc1. The molecule has 0 bridgehead atoms. The van der Waals surface area contributed by atoms with Crippen LogP contribution in [-0.2, 0) is 4.79 Å². The molecule has 2 rings (SSSR count). The summed E-state index contributed by atoms with van der Waals surface area (Å²) in [5, 5.41) is 38.2. The summed E-state index contributed by atoms with van der Waals surface area (Å²) >= 11 is 0. The fraction of sp³-hybridized carbons (Fsp3) is 0.118. The highest BCUT2D eigenvalue weighted by Crippen LogP contribution is 2.16. The predicted octanol–water partition coefficient (Wildman–Crippen LogP) is 3.23. The van der Waals surface area contributed by atoms with Gasteiger partial charge in [-0.15, -0.1) is 0 Å². The van der Waals surface area contributed by atoms with Crippen LogP contribution in [0, 0.1) is 20.2 Å². The number of benzene rings is 2. The monoisotopic (exact) mass is 400 g/mol. The lowest BCUT2D eigenvalue weighted by Gasteiger charge is -2.04. The van der Waals surface area contributed by atoms with E-state index in [-0.39, 0.29) is 24.2 Å². The molecule has 2 aromatic rings. The lowest BCUT2D eigenvalue weighted by molar-refractivity contribution is -0.385. The third-order valence-corrected chi connectivity index (χ3v) is 3.49. The second-order valence-corrected chi connectivity index (χ2v) is 5.59. The van der Waals surface area contributed by atoms with Gasteiger partial charge in [-0.3, -0.25) is 35.9 Å². The van der Waals surface area contributed by atoms with Crippen molar-refractivity contribution in [2.75, 3.05) is 10.9 Å². The largest absolute Gasteiger partial charge is 0.481 e. The molecule has 0 saturated heterocycles. The van der Waals surface area contributed by atoms with Crippen molar-refractivity contribution in [3.8, 4) is 0 Å². The van der Waals surface area contributed by atoms with E-state index in [2.05, 4.69) is 21.1 Å². The Balaban J connectivity index is 2.04. The Morgan fingerprint density at radius 3 is 1.83 bits per heavy atom. The number of hydrogen-bond donors (Lipinski definition) is 3. The topological polar surface area (TPSA) is 172 Å². The average Bonchev–Trinajstić information content (AvgIpc) is 2.70. The number of rotatable bonds is 10. The number of carboxylic acid groups (broad SMARTS) is 1. The lowest BCUT2D eigenvalue weighted by Crippen LogP contribution is -2.08. The predicted molar refractivity (Wildman–Crippen MR) is 106 cm³/mol. The molecule has 2 aromatic carbocycles. The third kappa shape index (κ3) is 7.05. The molecule has 150 valence electrons. The first-order valence-corrected chi connectivity index (χ1v) is 8.17. The van der Waals surface area contributed by atoms with Gasteiger partial charge >= 0.3 is 5.97 Å². The van der Waals surface area contributed by atoms with Gasteiger partial charge in [0.1, 0.15) is 0 Å². The summed E-state index contributed by atoms with van der Waals surface area (Å²) in [6, 6.07) is 11.1. The van der Waals surface area contributed by atoms with Gasteiger partial charge in [-0.2, -0.15) is 10.2 Å². The molecule has 0 aliphatic carbocycles. The highest BCUT2D eigenvalue weighted by atomic mass is 16.6. The molecule has 0 heterocycles. The van der Waals surface area contributed by atoms with Gasteiger partial charge in [-0.05, 0) is 24.3 Å². The smallest absolute Gasteiger partial charge is 0.303 e. The van der Waals surface area contributed by atoms with Gasteiger partial charge in [0.15, 0.2) is 0 Å². The number of nitrogens with one attached hydrogen (secondary N) is 2. The number of hydrazone groups is 2. The maximum Gasteiger partial charge on any atom is 0.303 e. The van der Waals surface area contributed by atoms with Gasteiger partial charge in [0.25, 0.3) is 11.4 Å². The van der Waals surface area contributed by atoms with Crippen molar-refractivity contribution in [2.24, 2.45) is 10.2 Å². The summed E-state index contributed by atoms with van der Waals surface area (Å²) in [7, 11) is 0. The zero-order chi connectivity index (χ0) is 21.2. The highest BCUT2D eigenvalue weighted by molar-refractivity contribution is 6.31. The first kappa shape index (κ1) is 21.0. The number of nitro groups is 2. The van der Waals surface area contributed by atoms with Crippen LogP contribution >= 0.6 is 0 Å². The Hall–Kier alpha value is -4.35. The number of carbonyl (C=O) groups is 1. The molecule has 0 atom stereocenters. The highest BCUT2D eigenvalue weighted by Gasteiger charge is 2.06. The van der Waals surface area contributed by atoms with Gasteiger partial charge in [-0.1, -0.05) is 0 Å². The molecule has 29 heavy (non-hydrogen) atoms. The third-order valence-electron chi connectivity index (χ3n) is 3.49. The van der Waals surface area contributed by atoms with E-state index in [4.69, 9.17) is 5.11 Å². The summed E-state index contributed by atoms with van der Waals surface area (Å²) in [6.45, 7) is 0. The molecular formula is C17H16N6O6. The number of carboxylic acids is 1. The Morgan fingerprint density at radius 1 is 0.897 bits per heavy atom. The van der Waals surface area contributed by atoms with E-state index in [9.17, 15) is 25.0 Å². The number of nitrogens with zero attached hydrogens (tertiary/aromatic N) is 4. The van der Waals surface area contributed by atoms with Crippen LogP contribution < -0.4 is 10.9 Å². The first-order valence-electron chi connectivity index (χ1n) is 8.17. The maximum absolute atomic E-state index is 10.8. The van der Waals surface area contributed by atoms with Crippen molar-refractivity contribution in [3.05, 3.63) is 68.8 Å². The van der Waals surface area contributed by atoms with Crippen molar-refractivity contribution in [1.82, 2.24) is 0 Å². The van der Waals surface area contributed by atoms with Gasteiger partial charge in [-0.25, -0.2) is 0 Å². The van der Waals surface area contributed by atoms with Crippen LogP contribution in [0.3, 0.4) is 0 Å². The molecule has 0 aliphatic rings. The first-order chi connectivity index (χ1) is 13.8. The number of anilines is 2. The van der Waals surface area contributed by atoms with E-state index in [1.807, 2.05) is 0 Å². The fourth-order valence-corrected chi connectivity index (χ4v) is 2.02. The lowest BCUT2D eigenvalue weighted by atomic mass is 10.2. The number of nitro benzene ring substituents is 2. The molecule has 0 amide bonds. The van der Waals surface area contributed by atoms with Crippen LogP contribution in [0.25, 0.3) is 0 Å². The second-order valence-electron chi connectivity index (χ2n) is 5.59. The quantitative estimate of drug-likeness (QED) is 0.310. The number of non-ortho nitro benzene ring substituents is 2. The molecule has 0 spiro atoms. The Bertz CT molecular complexity index is 940. The van der Waals surface area contributed by atoms with Gasteiger partial charge in [0, 0.05) is 30.7 Å². The van der Waals surface area contributed by atoms with Crippen molar-refractivity contribution in [1.29, 1.82) is 0 Å². The van der Waals surface area contributed by atoms with E-state index in [0.717, 1.165) is 0 Å². The molecule has 0 aromatic heterocycles. The molecule has 12 nitrogen and oxygen atoms in total. The van der Waals surface area contributed by atoms with Gasteiger partial charge in [0.05, 0.1) is 39.6 Å². The van der Waals surface area contributed by atoms with Crippen LogP contribution in [0.1, 0.15) is 12.8 Å². The summed E-state index contributed by atoms with van der Waals surface area (Å²) < 4.78 is 0. The Labute approximate surface area is 163 Å². The zero-order valence-corrected chi connectivity index (χ0v) is 14.9. The Kier molecular flexibility index (Phi) is 7.30. The summed E-state index contributed by atoms with van der Waals surface area (Å²) in [5.74, 6) is -1.01. The van der Waals surface area contributed by atoms with Crippen LogP contribution in [0.4, 0.5) is 22.7 Å². The normalized spacial score (nSPS) is 11.2. The maximum atomic E-state index is 10.8. The van der Waals surface area contributed by atoms with E-state index in [0.29, 0.717) is 17.1 Å².